The Morgan fingerprint density at radius 2 is 1.06 bits per heavy atom. The fourth-order valence-electron chi connectivity index (χ4n) is 13.8. The van der Waals surface area contributed by atoms with Crippen molar-refractivity contribution in [2.45, 2.75) is 194 Å². The molecule has 77 heavy (non-hydrogen) atoms. The first-order chi connectivity index (χ1) is 36.0. The highest BCUT2D eigenvalue weighted by Gasteiger charge is 2.48. The third-order valence-corrected chi connectivity index (χ3v) is 20.2. The molecule has 396 valence electrons. The van der Waals surface area contributed by atoms with Crippen molar-refractivity contribution in [2.75, 3.05) is 14.7 Å². The summed E-state index contributed by atoms with van der Waals surface area (Å²) >= 11 is 2.06. The Kier molecular flexibility index (Phi) is 11.7. The van der Waals surface area contributed by atoms with Gasteiger partial charge in [0.25, 0.3) is 6.71 Å². The zero-order chi connectivity index (χ0) is 54.7. The largest absolute Gasteiger partial charge is 0.311 e. The van der Waals surface area contributed by atoms with Gasteiger partial charge in [0.2, 0.25) is 0 Å². The summed E-state index contributed by atoms with van der Waals surface area (Å²) in [5.74, 6) is 0. The lowest BCUT2D eigenvalue weighted by Crippen LogP contribution is -2.60. The monoisotopic (exact) mass is 1030 g/mol. The number of hydrogen-bond acceptors (Lipinski definition) is 4. The molecule has 3 aliphatic carbocycles. The van der Waals surface area contributed by atoms with Crippen molar-refractivity contribution < 1.29 is 0 Å². The van der Waals surface area contributed by atoms with Crippen molar-refractivity contribution in [1.29, 1.82) is 0 Å². The summed E-state index contributed by atoms with van der Waals surface area (Å²) in [6.45, 7) is 41.3. The van der Waals surface area contributed by atoms with Crippen molar-refractivity contribution >= 4 is 89.3 Å². The summed E-state index contributed by atoms with van der Waals surface area (Å²) < 4.78 is 2.84. The van der Waals surface area contributed by atoms with Gasteiger partial charge < -0.3 is 14.7 Å². The van der Waals surface area contributed by atoms with Gasteiger partial charge in [0.15, 0.2) is 0 Å². The van der Waals surface area contributed by atoms with Crippen LogP contribution in [-0.2, 0) is 37.9 Å². The predicted molar refractivity (Wildman–Crippen MR) is 338 cm³/mol. The molecule has 2 aliphatic heterocycles. The second kappa shape index (κ2) is 17.4. The van der Waals surface area contributed by atoms with E-state index in [-0.39, 0.29) is 44.6 Å². The van der Waals surface area contributed by atoms with Crippen molar-refractivity contribution in [2.24, 2.45) is 0 Å². The van der Waals surface area contributed by atoms with E-state index in [9.17, 15) is 0 Å². The van der Waals surface area contributed by atoms with Crippen molar-refractivity contribution in [3.05, 3.63) is 172 Å². The SMILES string of the molecule is CC(C)(C)c1cc(N2c3cc(C(C)(C)C)ccc3B3c4sc5cc6c(cc5c4N(c4ccc5c(c4)C(C)(C)CCC5(C)C)c4cc(N(C5=CCCC=C5)c5ccccc5)cc2c43)C(C)(C)CCC6(C)C)cc(C(C)(C)C)c1. The van der Waals surface area contributed by atoms with Gasteiger partial charge in [0, 0.05) is 54.7 Å². The van der Waals surface area contributed by atoms with E-state index in [0.29, 0.717) is 0 Å². The Balaban J connectivity index is 1.27. The highest BCUT2D eigenvalue weighted by molar-refractivity contribution is 7.33. The number of thiophene rings is 1. The van der Waals surface area contributed by atoms with Crippen LogP contribution in [0.3, 0.4) is 0 Å². The number of nitrogens with zero attached hydrogens (tertiary/aromatic N) is 3. The molecule has 12 rings (SSSR count). The van der Waals surface area contributed by atoms with Gasteiger partial charge in [-0.25, -0.2) is 0 Å². The third kappa shape index (κ3) is 8.49. The summed E-state index contributed by atoms with van der Waals surface area (Å²) in [6, 6.07) is 44.4. The molecule has 3 nitrogen and oxygen atoms in total. The lowest BCUT2D eigenvalue weighted by molar-refractivity contribution is 0.332. The van der Waals surface area contributed by atoms with Gasteiger partial charge in [-0.1, -0.05) is 172 Å². The van der Waals surface area contributed by atoms with Crippen molar-refractivity contribution in [1.82, 2.24) is 0 Å². The van der Waals surface area contributed by atoms with Gasteiger partial charge in [-0.05, 0) is 199 Å². The summed E-state index contributed by atoms with van der Waals surface area (Å²) in [7, 11) is 0. The van der Waals surface area contributed by atoms with Crippen LogP contribution in [-0.4, -0.2) is 6.71 Å². The second-order valence-corrected chi connectivity index (χ2v) is 30.6. The van der Waals surface area contributed by atoms with Crippen LogP contribution in [0.1, 0.15) is 195 Å². The molecule has 0 radical (unpaired) electrons. The van der Waals surface area contributed by atoms with Crippen LogP contribution in [0.25, 0.3) is 10.1 Å². The lowest BCUT2D eigenvalue weighted by Gasteiger charge is -2.46. The minimum atomic E-state index is -0.0739. The van der Waals surface area contributed by atoms with Crippen molar-refractivity contribution in [3.63, 3.8) is 0 Å². The van der Waals surface area contributed by atoms with Crippen LogP contribution in [0.2, 0.25) is 0 Å². The molecular formula is C72H84BN3S. The van der Waals surface area contributed by atoms with Crippen LogP contribution in [0.5, 0.6) is 0 Å². The maximum Gasteiger partial charge on any atom is 0.264 e. The van der Waals surface area contributed by atoms with E-state index in [4.69, 9.17) is 0 Å². The van der Waals surface area contributed by atoms with Gasteiger partial charge in [0.1, 0.15) is 0 Å². The summed E-state index contributed by atoms with van der Waals surface area (Å²) in [4.78, 5) is 8.03. The molecule has 7 aromatic rings. The average Bonchev–Trinajstić information content (AvgIpc) is 3.95. The summed E-state index contributed by atoms with van der Waals surface area (Å²) in [5, 5.41) is 1.38. The number of benzene rings is 6. The number of para-hydroxylation sites is 1. The number of anilines is 8. The van der Waals surface area contributed by atoms with E-state index >= 15 is 0 Å². The van der Waals surface area contributed by atoms with E-state index in [1.807, 2.05) is 0 Å². The highest BCUT2D eigenvalue weighted by Crippen LogP contribution is 2.56. The minimum Gasteiger partial charge on any atom is -0.311 e. The van der Waals surface area contributed by atoms with Gasteiger partial charge >= 0.3 is 0 Å². The quantitative estimate of drug-likeness (QED) is 0.159. The molecule has 5 aliphatic rings. The molecule has 0 saturated heterocycles. The molecule has 0 unspecified atom stereocenters. The Morgan fingerprint density at radius 1 is 0.494 bits per heavy atom. The summed E-state index contributed by atoms with van der Waals surface area (Å²) in [6.07, 6.45) is 13.9. The molecule has 5 heteroatoms. The minimum absolute atomic E-state index is 0.00382. The smallest absolute Gasteiger partial charge is 0.264 e. The van der Waals surface area contributed by atoms with Crippen LogP contribution < -0.4 is 30.4 Å². The Hall–Kier alpha value is -5.78. The Morgan fingerprint density at radius 3 is 1.65 bits per heavy atom. The van der Waals surface area contributed by atoms with Gasteiger partial charge in [-0.3, -0.25) is 0 Å². The average molecular weight is 1030 g/mol. The van der Waals surface area contributed by atoms with Crippen LogP contribution >= 0.6 is 11.3 Å². The standard InChI is InChI=1S/C72H84BN3S/c1-66(2,3)45-28-31-58-59(39-45)75(51-37-46(67(4,5)6)36-47(38-51)68(7,8)9)60-41-52(74(48-24-20-18-21-25-48)49-26-22-19-23-27-49)42-61-63(60)73(58)65-64(53-43-56-57(44-62(53)77-65)72(16,17)35-34-71(56,14)15)76(61)50-29-30-54-55(40-50)70(12,13)33-32-69(54,10)11/h18,20-22,24-31,36-44H,19,23,32-35H2,1-17H3. The first-order valence-corrected chi connectivity index (χ1v) is 29.9. The second-order valence-electron chi connectivity index (χ2n) is 29.5. The predicted octanol–water partition coefficient (Wildman–Crippen LogP) is 18.9. The molecule has 6 aromatic carbocycles. The van der Waals surface area contributed by atoms with Gasteiger partial charge in [-0.15, -0.1) is 11.3 Å². The molecule has 3 heterocycles. The first kappa shape index (κ1) is 52.0. The van der Waals surface area contributed by atoms with Crippen molar-refractivity contribution in [3.8, 4) is 0 Å². The molecule has 0 bridgehead atoms. The zero-order valence-electron chi connectivity index (χ0n) is 49.7. The van der Waals surface area contributed by atoms with E-state index in [2.05, 4.69) is 271 Å². The number of rotatable bonds is 5. The molecule has 0 spiro atoms. The van der Waals surface area contributed by atoms with Crippen LogP contribution in [0.4, 0.5) is 45.5 Å². The Bertz CT molecular complexity index is 3580. The molecule has 0 N–H and O–H groups in total. The van der Waals surface area contributed by atoms with Crippen LogP contribution in [0, 0.1) is 0 Å². The van der Waals surface area contributed by atoms with E-state index in [1.54, 1.807) is 0 Å². The molecule has 0 saturated carbocycles. The first-order valence-electron chi connectivity index (χ1n) is 29.1. The van der Waals surface area contributed by atoms with E-state index < -0.39 is 0 Å². The molecule has 1 aromatic heterocycles. The lowest BCUT2D eigenvalue weighted by atomic mass is 9.36. The number of fused-ring (bicyclic) bond motifs is 8. The van der Waals surface area contributed by atoms with Gasteiger partial charge in [0.05, 0.1) is 11.4 Å². The topological polar surface area (TPSA) is 9.72 Å². The maximum absolute atomic E-state index is 2.77. The zero-order valence-corrected chi connectivity index (χ0v) is 50.5. The van der Waals surface area contributed by atoms with E-state index in [1.165, 1.54) is 124 Å². The fourth-order valence-corrected chi connectivity index (χ4v) is 15.1. The number of allylic oxidation sites excluding steroid dienone is 3. The normalized spacial score (nSPS) is 18.8. The molecule has 0 atom stereocenters. The summed E-state index contributed by atoms with van der Waals surface area (Å²) in [5.41, 5.74) is 24.0. The van der Waals surface area contributed by atoms with Gasteiger partial charge in [-0.2, -0.15) is 0 Å². The highest BCUT2D eigenvalue weighted by atomic mass is 32.1. The molecular weight excluding hydrogens is 950 g/mol. The molecule has 0 fully saturated rings. The van der Waals surface area contributed by atoms with Crippen LogP contribution in [0.15, 0.2) is 133 Å². The third-order valence-electron chi connectivity index (χ3n) is 19.0. The number of hydrogen-bond donors (Lipinski definition) is 0. The fraction of sp³-hybridized carbons (Fsp3) is 0.417. The Labute approximate surface area is 467 Å². The van der Waals surface area contributed by atoms with E-state index in [0.717, 1.165) is 30.6 Å². The maximum atomic E-state index is 2.77. The molecule has 0 amide bonds.